The van der Waals surface area contributed by atoms with Gasteiger partial charge in [0.05, 0.1) is 17.8 Å². The maximum atomic E-state index is 11.0. The number of ether oxygens (including phenoxy) is 1. The Balaban J connectivity index is 2.61. The standard InChI is InChI=1S/C10H16N2O2/c1-8(4-5-14-3)12-7-10(6-11-12)9(2)13/h6-8H,4-5H2,1-3H3. The number of ketones is 1. The molecular formula is C10H16N2O2. The maximum absolute atomic E-state index is 11.0. The van der Waals surface area contributed by atoms with E-state index in [1.807, 2.05) is 0 Å². The Kier molecular flexibility index (Phi) is 3.83. The summed E-state index contributed by atoms with van der Waals surface area (Å²) in [5, 5.41) is 4.13. The highest BCUT2D eigenvalue weighted by atomic mass is 16.5. The van der Waals surface area contributed by atoms with E-state index in [4.69, 9.17) is 4.74 Å². The van der Waals surface area contributed by atoms with E-state index >= 15 is 0 Å². The number of hydrogen-bond acceptors (Lipinski definition) is 3. The topological polar surface area (TPSA) is 44.1 Å². The van der Waals surface area contributed by atoms with Crippen LogP contribution in [0.25, 0.3) is 0 Å². The van der Waals surface area contributed by atoms with Crippen LogP contribution in [0.3, 0.4) is 0 Å². The molecule has 0 aliphatic rings. The molecule has 1 atom stereocenters. The zero-order valence-corrected chi connectivity index (χ0v) is 8.86. The summed E-state index contributed by atoms with van der Waals surface area (Å²) in [5.74, 6) is 0.0511. The van der Waals surface area contributed by atoms with Crippen molar-refractivity contribution in [3.8, 4) is 0 Å². The second-order valence-electron chi connectivity index (χ2n) is 3.40. The first-order valence-corrected chi connectivity index (χ1v) is 4.69. The Bertz CT molecular complexity index is 307. The van der Waals surface area contributed by atoms with Crippen LogP contribution in [0.1, 0.15) is 36.7 Å². The third-order valence-electron chi connectivity index (χ3n) is 2.20. The Morgan fingerprint density at radius 2 is 2.43 bits per heavy atom. The Morgan fingerprint density at radius 1 is 1.71 bits per heavy atom. The number of carbonyl (C=O) groups is 1. The highest BCUT2D eigenvalue weighted by molar-refractivity contribution is 5.93. The molecule has 0 aliphatic carbocycles. The van der Waals surface area contributed by atoms with Crippen molar-refractivity contribution in [2.45, 2.75) is 26.3 Å². The summed E-state index contributed by atoms with van der Waals surface area (Å²) < 4.78 is 6.78. The Labute approximate surface area is 83.9 Å². The minimum Gasteiger partial charge on any atom is -0.385 e. The zero-order chi connectivity index (χ0) is 10.6. The summed E-state index contributed by atoms with van der Waals surface area (Å²) in [4.78, 5) is 11.0. The highest BCUT2D eigenvalue weighted by Gasteiger charge is 2.08. The number of hydrogen-bond donors (Lipinski definition) is 0. The van der Waals surface area contributed by atoms with Gasteiger partial charge in [0.2, 0.25) is 0 Å². The first kappa shape index (κ1) is 10.9. The molecule has 0 saturated carbocycles. The molecule has 1 rings (SSSR count). The van der Waals surface area contributed by atoms with Gasteiger partial charge in [-0.1, -0.05) is 0 Å². The van der Waals surface area contributed by atoms with Crippen LogP contribution in [0.5, 0.6) is 0 Å². The lowest BCUT2D eigenvalue weighted by molar-refractivity contribution is 0.101. The van der Waals surface area contributed by atoms with Gasteiger partial charge in [-0.25, -0.2) is 0 Å². The van der Waals surface area contributed by atoms with Gasteiger partial charge in [0.1, 0.15) is 0 Å². The fourth-order valence-electron chi connectivity index (χ4n) is 1.18. The number of nitrogens with zero attached hydrogens (tertiary/aromatic N) is 2. The summed E-state index contributed by atoms with van der Waals surface area (Å²) in [5.41, 5.74) is 0.661. The lowest BCUT2D eigenvalue weighted by Gasteiger charge is -2.10. The van der Waals surface area contributed by atoms with E-state index < -0.39 is 0 Å². The molecule has 0 aromatic carbocycles. The summed E-state index contributed by atoms with van der Waals surface area (Å²) >= 11 is 0. The summed E-state index contributed by atoms with van der Waals surface area (Å²) in [6.07, 6.45) is 4.28. The quantitative estimate of drug-likeness (QED) is 0.673. The van der Waals surface area contributed by atoms with Crippen LogP contribution in [0, 0.1) is 0 Å². The van der Waals surface area contributed by atoms with Crippen molar-refractivity contribution >= 4 is 5.78 Å². The minimum absolute atomic E-state index is 0.0511. The summed E-state index contributed by atoms with van der Waals surface area (Å²) in [6.45, 7) is 4.30. The Hall–Kier alpha value is -1.16. The van der Waals surface area contributed by atoms with Gasteiger partial charge < -0.3 is 4.74 Å². The largest absolute Gasteiger partial charge is 0.385 e. The van der Waals surface area contributed by atoms with Crippen LogP contribution in [0.4, 0.5) is 0 Å². The predicted octanol–water partition coefficient (Wildman–Crippen LogP) is 1.68. The molecule has 0 N–H and O–H groups in total. The molecule has 0 aliphatic heterocycles. The zero-order valence-electron chi connectivity index (χ0n) is 8.86. The molecule has 78 valence electrons. The van der Waals surface area contributed by atoms with E-state index in [0.29, 0.717) is 12.2 Å². The molecule has 1 aromatic heterocycles. The summed E-state index contributed by atoms with van der Waals surface area (Å²) in [6, 6.07) is 0.267. The smallest absolute Gasteiger partial charge is 0.162 e. The van der Waals surface area contributed by atoms with Gasteiger partial charge in [-0.15, -0.1) is 0 Å². The molecular weight excluding hydrogens is 180 g/mol. The van der Waals surface area contributed by atoms with E-state index in [0.717, 1.165) is 6.42 Å². The van der Waals surface area contributed by atoms with E-state index in [1.54, 1.807) is 31.1 Å². The van der Waals surface area contributed by atoms with Gasteiger partial charge in [-0.2, -0.15) is 5.10 Å². The molecule has 0 saturated heterocycles. The van der Waals surface area contributed by atoms with Crippen molar-refractivity contribution in [2.24, 2.45) is 0 Å². The average molecular weight is 196 g/mol. The van der Waals surface area contributed by atoms with E-state index in [-0.39, 0.29) is 11.8 Å². The van der Waals surface area contributed by atoms with E-state index in [2.05, 4.69) is 12.0 Å². The third-order valence-corrected chi connectivity index (χ3v) is 2.20. The van der Waals surface area contributed by atoms with Crippen molar-refractivity contribution in [1.82, 2.24) is 9.78 Å². The number of rotatable bonds is 5. The molecule has 0 bridgehead atoms. The van der Waals surface area contributed by atoms with Crippen molar-refractivity contribution in [3.63, 3.8) is 0 Å². The van der Waals surface area contributed by atoms with Crippen LogP contribution in [-0.2, 0) is 4.74 Å². The lowest BCUT2D eigenvalue weighted by Crippen LogP contribution is -2.08. The number of methoxy groups -OCH3 is 1. The molecule has 0 spiro atoms. The Morgan fingerprint density at radius 3 is 2.93 bits per heavy atom. The normalized spacial score (nSPS) is 12.8. The fourth-order valence-corrected chi connectivity index (χ4v) is 1.18. The minimum atomic E-state index is 0.0511. The first-order chi connectivity index (χ1) is 6.65. The van der Waals surface area contributed by atoms with E-state index in [1.165, 1.54) is 0 Å². The monoisotopic (exact) mass is 196 g/mol. The number of Topliss-reactive ketones (excluding diaryl/α,β-unsaturated/α-hetero) is 1. The fraction of sp³-hybridized carbons (Fsp3) is 0.600. The average Bonchev–Trinajstić information content (AvgIpc) is 2.62. The first-order valence-electron chi connectivity index (χ1n) is 4.69. The molecule has 1 aromatic rings. The molecule has 14 heavy (non-hydrogen) atoms. The van der Waals surface area contributed by atoms with Crippen LogP contribution in [0.2, 0.25) is 0 Å². The van der Waals surface area contributed by atoms with Crippen LogP contribution in [0.15, 0.2) is 12.4 Å². The van der Waals surface area contributed by atoms with Gasteiger partial charge in [0.25, 0.3) is 0 Å². The van der Waals surface area contributed by atoms with Gasteiger partial charge in [-0.05, 0) is 20.3 Å². The van der Waals surface area contributed by atoms with Crippen molar-refractivity contribution in [2.75, 3.05) is 13.7 Å². The lowest BCUT2D eigenvalue weighted by atomic mass is 10.2. The molecule has 0 fully saturated rings. The van der Waals surface area contributed by atoms with Crippen LogP contribution < -0.4 is 0 Å². The number of aromatic nitrogens is 2. The molecule has 4 nitrogen and oxygen atoms in total. The predicted molar refractivity (Wildman–Crippen MR) is 53.4 cm³/mol. The molecule has 0 amide bonds. The maximum Gasteiger partial charge on any atom is 0.162 e. The van der Waals surface area contributed by atoms with Gasteiger partial charge >= 0.3 is 0 Å². The molecule has 4 heteroatoms. The van der Waals surface area contributed by atoms with Crippen molar-refractivity contribution < 1.29 is 9.53 Å². The van der Waals surface area contributed by atoms with Crippen LogP contribution >= 0.6 is 0 Å². The second-order valence-corrected chi connectivity index (χ2v) is 3.40. The third kappa shape index (κ3) is 2.67. The van der Waals surface area contributed by atoms with Gasteiger partial charge in [0, 0.05) is 19.9 Å². The molecule has 1 heterocycles. The molecule has 1 unspecified atom stereocenters. The van der Waals surface area contributed by atoms with Crippen LogP contribution in [-0.4, -0.2) is 29.3 Å². The SMILES string of the molecule is COCCC(C)n1cc(C(C)=O)cn1. The summed E-state index contributed by atoms with van der Waals surface area (Å²) in [7, 11) is 1.68. The highest BCUT2D eigenvalue weighted by Crippen LogP contribution is 2.10. The number of carbonyl (C=O) groups excluding carboxylic acids is 1. The van der Waals surface area contributed by atoms with Gasteiger partial charge in [0.15, 0.2) is 5.78 Å². The second kappa shape index (κ2) is 4.91. The van der Waals surface area contributed by atoms with Gasteiger partial charge in [-0.3, -0.25) is 9.48 Å². The van der Waals surface area contributed by atoms with Crippen molar-refractivity contribution in [3.05, 3.63) is 18.0 Å². The molecule has 0 radical (unpaired) electrons. The van der Waals surface area contributed by atoms with Crippen molar-refractivity contribution in [1.29, 1.82) is 0 Å². The van der Waals surface area contributed by atoms with E-state index in [9.17, 15) is 4.79 Å².